The molecule has 188 valence electrons. The van der Waals surface area contributed by atoms with E-state index in [2.05, 4.69) is 10.5 Å². The van der Waals surface area contributed by atoms with Gasteiger partial charge in [0.25, 0.3) is 5.91 Å². The number of hydrogen-bond donors (Lipinski definition) is 1. The summed E-state index contributed by atoms with van der Waals surface area (Å²) in [6, 6.07) is 27.7. The number of rotatable bonds is 8. The zero-order chi connectivity index (χ0) is 26.3. The first-order valence-corrected chi connectivity index (χ1v) is 12.7. The second kappa shape index (κ2) is 11.5. The maximum Gasteiger partial charge on any atom is 0.337 e. The van der Waals surface area contributed by atoms with Gasteiger partial charge in [0, 0.05) is 5.39 Å². The standard InChI is InChI=1S/C30H23N3O4S/c1-36-30(35)22-12-8-21(9-13-22)19-37-23-14-10-20(11-15-23)18-31-33-29(34)25-17-27(28-7-4-16-38-28)32-26-6-3-2-5-24(25)26/h2-18H,19H2,1H3,(H,33,34)/b31-18-. The van der Waals surface area contributed by atoms with Crippen molar-refractivity contribution >= 4 is 40.3 Å². The van der Waals surface area contributed by atoms with Crippen LogP contribution in [-0.2, 0) is 11.3 Å². The first-order valence-electron chi connectivity index (χ1n) is 11.8. The highest BCUT2D eigenvalue weighted by molar-refractivity contribution is 7.13. The maximum atomic E-state index is 13.0. The van der Waals surface area contributed by atoms with Crippen molar-refractivity contribution in [2.24, 2.45) is 5.10 Å². The molecule has 5 rings (SSSR count). The van der Waals surface area contributed by atoms with E-state index >= 15 is 0 Å². The van der Waals surface area contributed by atoms with Crippen molar-refractivity contribution in [1.82, 2.24) is 10.4 Å². The fourth-order valence-electron chi connectivity index (χ4n) is 3.81. The van der Waals surface area contributed by atoms with Crippen LogP contribution < -0.4 is 10.2 Å². The number of carbonyl (C=O) groups is 2. The molecule has 0 bridgehead atoms. The second-order valence-electron chi connectivity index (χ2n) is 8.29. The lowest BCUT2D eigenvalue weighted by atomic mass is 10.1. The van der Waals surface area contributed by atoms with Gasteiger partial charge >= 0.3 is 5.97 Å². The van der Waals surface area contributed by atoms with Gasteiger partial charge in [-0.3, -0.25) is 4.79 Å². The van der Waals surface area contributed by atoms with Crippen LogP contribution in [0, 0.1) is 0 Å². The summed E-state index contributed by atoms with van der Waals surface area (Å²) < 4.78 is 10.5. The lowest BCUT2D eigenvalue weighted by molar-refractivity contribution is 0.0600. The Hall–Kier alpha value is -4.82. The van der Waals surface area contributed by atoms with Crippen molar-refractivity contribution in [3.05, 3.63) is 119 Å². The van der Waals surface area contributed by atoms with Gasteiger partial charge in [-0.15, -0.1) is 11.3 Å². The summed E-state index contributed by atoms with van der Waals surface area (Å²) in [7, 11) is 1.35. The van der Waals surface area contributed by atoms with Crippen molar-refractivity contribution in [2.45, 2.75) is 6.61 Å². The summed E-state index contributed by atoms with van der Waals surface area (Å²) in [4.78, 5) is 30.3. The summed E-state index contributed by atoms with van der Waals surface area (Å²) in [5.74, 6) is 0.00610. The third-order valence-electron chi connectivity index (χ3n) is 5.77. The molecule has 38 heavy (non-hydrogen) atoms. The number of hydrazone groups is 1. The maximum absolute atomic E-state index is 13.0. The first kappa shape index (κ1) is 24.9. The smallest absolute Gasteiger partial charge is 0.337 e. The van der Waals surface area contributed by atoms with Gasteiger partial charge in [0.05, 0.1) is 40.5 Å². The van der Waals surface area contributed by atoms with Crippen LogP contribution in [0.1, 0.15) is 31.8 Å². The van der Waals surface area contributed by atoms with Crippen LogP contribution in [-0.4, -0.2) is 30.2 Å². The SMILES string of the molecule is COC(=O)c1ccc(COc2ccc(/C=N\NC(=O)c3cc(-c4cccs4)nc4ccccc34)cc2)cc1. The molecule has 0 saturated heterocycles. The Morgan fingerprint density at radius 1 is 0.974 bits per heavy atom. The molecule has 0 unspecified atom stereocenters. The number of nitrogens with one attached hydrogen (secondary N) is 1. The minimum absolute atomic E-state index is 0.309. The molecule has 7 nitrogen and oxygen atoms in total. The molecule has 2 heterocycles. The highest BCUT2D eigenvalue weighted by atomic mass is 32.1. The number of para-hydroxylation sites is 1. The number of thiophene rings is 1. The predicted octanol–water partition coefficient (Wildman–Crippen LogP) is 6.09. The van der Waals surface area contributed by atoms with E-state index < -0.39 is 0 Å². The Kier molecular flexibility index (Phi) is 7.52. The number of amides is 1. The van der Waals surface area contributed by atoms with E-state index in [1.807, 2.05) is 78.2 Å². The molecule has 1 amide bonds. The summed E-state index contributed by atoms with van der Waals surface area (Å²) in [5, 5.41) is 6.90. The molecule has 1 N–H and O–H groups in total. The van der Waals surface area contributed by atoms with E-state index in [1.54, 1.807) is 35.8 Å². The highest BCUT2D eigenvalue weighted by Crippen LogP contribution is 2.27. The largest absolute Gasteiger partial charge is 0.489 e. The Labute approximate surface area is 223 Å². The molecule has 0 radical (unpaired) electrons. The van der Waals surface area contributed by atoms with E-state index in [9.17, 15) is 9.59 Å². The zero-order valence-corrected chi connectivity index (χ0v) is 21.3. The Morgan fingerprint density at radius 2 is 1.76 bits per heavy atom. The molecule has 8 heteroatoms. The number of ether oxygens (including phenoxy) is 2. The van der Waals surface area contributed by atoms with Gasteiger partial charge in [0.1, 0.15) is 12.4 Å². The monoisotopic (exact) mass is 521 g/mol. The van der Waals surface area contributed by atoms with Gasteiger partial charge in [-0.1, -0.05) is 36.4 Å². The number of esters is 1. The van der Waals surface area contributed by atoms with Crippen molar-refractivity contribution in [1.29, 1.82) is 0 Å². The third kappa shape index (κ3) is 5.77. The predicted molar refractivity (Wildman–Crippen MR) is 149 cm³/mol. The van der Waals surface area contributed by atoms with Crippen molar-refractivity contribution in [2.75, 3.05) is 7.11 Å². The Balaban J connectivity index is 1.21. The summed E-state index contributed by atoms with van der Waals surface area (Å²) in [5.41, 5.74) is 6.88. The minimum atomic E-state index is -0.372. The van der Waals surface area contributed by atoms with E-state index in [0.29, 0.717) is 23.5 Å². The zero-order valence-electron chi connectivity index (χ0n) is 20.5. The molecular formula is C30H23N3O4S. The fourth-order valence-corrected chi connectivity index (χ4v) is 4.50. The van der Waals surface area contributed by atoms with Crippen LogP contribution in [0.5, 0.6) is 5.75 Å². The van der Waals surface area contributed by atoms with Gasteiger partial charge < -0.3 is 9.47 Å². The van der Waals surface area contributed by atoms with E-state index in [1.165, 1.54) is 7.11 Å². The molecule has 0 aliphatic heterocycles. The molecule has 2 aromatic heterocycles. The lowest BCUT2D eigenvalue weighted by Gasteiger charge is -2.08. The van der Waals surface area contributed by atoms with Gasteiger partial charge in [-0.05, 0) is 71.1 Å². The normalized spacial score (nSPS) is 11.0. The van der Waals surface area contributed by atoms with Crippen LogP contribution in [0.3, 0.4) is 0 Å². The quantitative estimate of drug-likeness (QED) is 0.152. The van der Waals surface area contributed by atoms with Gasteiger partial charge in [-0.25, -0.2) is 15.2 Å². The van der Waals surface area contributed by atoms with E-state index in [-0.39, 0.29) is 11.9 Å². The Bertz CT molecular complexity index is 1600. The Morgan fingerprint density at radius 3 is 2.50 bits per heavy atom. The molecule has 0 aliphatic rings. The van der Waals surface area contributed by atoms with Crippen LogP contribution >= 0.6 is 11.3 Å². The van der Waals surface area contributed by atoms with Crippen molar-refractivity contribution in [3.63, 3.8) is 0 Å². The number of methoxy groups -OCH3 is 1. The topological polar surface area (TPSA) is 89.9 Å². The molecule has 3 aromatic carbocycles. The summed E-state index contributed by atoms with van der Waals surface area (Å²) in [6.45, 7) is 0.359. The minimum Gasteiger partial charge on any atom is -0.489 e. The molecule has 0 atom stereocenters. The first-order chi connectivity index (χ1) is 18.6. The van der Waals surface area contributed by atoms with Crippen LogP contribution in [0.15, 0.2) is 101 Å². The summed E-state index contributed by atoms with van der Waals surface area (Å²) >= 11 is 1.57. The molecule has 0 saturated carbocycles. The van der Waals surface area contributed by atoms with E-state index in [4.69, 9.17) is 14.5 Å². The van der Waals surface area contributed by atoms with Crippen LogP contribution in [0.25, 0.3) is 21.5 Å². The lowest BCUT2D eigenvalue weighted by Crippen LogP contribution is -2.18. The fraction of sp³-hybridized carbons (Fsp3) is 0.0667. The average molecular weight is 522 g/mol. The van der Waals surface area contributed by atoms with Crippen LogP contribution in [0.2, 0.25) is 0 Å². The van der Waals surface area contributed by atoms with E-state index in [0.717, 1.165) is 32.6 Å². The number of nitrogens with zero attached hydrogens (tertiary/aromatic N) is 2. The molecule has 0 aliphatic carbocycles. The number of aromatic nitrogens is 1. The average Bonchev–Trinajstić information content (AvgIpc) is 3.51. The number of hydrogen-bond acceptors (Lipinski definition) is 7. The third-order valence-corrected chi connectivity index (χ3v) is 6.67. The highest BCUT2D eigenvalue weighted by Gasteiger charge is 2.14. The van der Waals surface area contributed by atoms with Crippen molar-refractivity contribution in [3.8, 4) is 16.3 Å². The summed E-state index contributed by atoms with van der Waals surface area (Å²) in [6.07, 6.45) is 1.58. The molecule has 0 spiro atoms. The number of fused-ring (bicyclic) bond motifs is 1. The number of benzene rings is 3. The van der Waals surface area contributed by atoms with Gasteiger partial charge in [0.2, 0.25) is 0 Å². The molecule has 0 fully saturated rings. The second-order valence-corrected chi connectivity index (χ2v) is 9.24. The number of pyridine rings is 1. The molecule has 5 aromatic rings. The molecular weight excluding hydrogens is 498 g/mol. The van der Waals surface area contributed by atoms with Crippen LogP contribution in [0.4, 0.5) is 0 Å². The van der Waals surface area contributed by atoms with Gasteiger partial charge in [0.15, 0.2) is 0 Å². The van der Waals surface area contributed by atoms with Gasteiger partial charge in [-0.2, -0.15) is 5.10 Å². The van der Waals surface area contributed by atoms with Crippen molar-refractivity contribution < 1.29 is 19.1 Å². The number of carbonyl (C=O) groups excluding carboxylic acids is 2.